The summed E-state index contributed by atoms with van der Waals surface area (Å²) in [6, 6.07) is 4.87. The summed E-state index contributed by atoms with van der Waals surface area (Å²) in [5.74, 6) is 0. The Morgan fingerprint density at radius 3 is 2.57 bits per heavy atom. The molecule has 1 aliphatic rings. The number of aryl methyl sites for hydroxylation is 2. The summed E-state index contributed by atoms with van der Waals surface area (Å²) in [6.45, 7) is 5.63. The topological polar surface area (TPSA) is 60.7 Å². The van der Waals surface area contributed by atoms with Crippen molar-refractivity contribution in [3.63, 3.8) is 0 Å². The second-order valence-electron chi connectivity index (χ2n) is 5.95. The fourth-order valence-electron chi connectivity index (χ4n) is 3.07. The fourth-order valence-corrected chi connectivity index (χ4v) is 3.07. The van der Waals surface area contributed by atoms with Crippen molar-refractivity contribution in [1.29, 1.82) is 5.26 Å². The maximum atomic E-state index is 9.24. The van der Waals surface area contributed by atoms with Crippen LogP contribution in [0.4, 0.5) is 5.69 Å². The number of hydrogen-bond acceptors (Lipinski definition) is 4. The molecule has 1 fully saturated rings. The van der Waals surface area contributed by atoms with Crippen LogP contribution in [0.3, 0.4) is 0 Å². The van der Waals surface area contributed by atoms with Crippen molar-refractivity contribution in [3.8, 4) is 6.07 Å². The van der Waals surface area contributed by atoms with E-state index >= 15 is 0 Å². The molecule has 1 saturated carbocycles. The Bertz CT molecular complexity index is 496. The average molecular weight is 286 g/mol. The molecule has 114 valence electrons. The molecule has 0 aromatic carbocycles. The summed E-state index contributed by atoms with van der Waals surface area (Å²) in [6.07, 6.45) is 8.09. The molecule has 1 aliphatic carbocycles. The van der Waals surface area contributed by atoms with Crippen LogP contribution in [0, 0.1) is 25.2 Å². The molecule has 2 N–H and O–H groups in total. The normalized spacial score (nSPS) is 16.2. The monoisotopic (exact) mass is 286 g/mol. The first-order valence-corrected chi connectivity index (χ1v) is 8.06. The summed E-state index contributed by atoms with van der Waals surface area (Å²) in [5, 5.41) is 16.2. The highest BCUT2D eigenvalue weighted by Crippen LogP contribution is 2.19. The molecule has 0 aliphatic heterocycles. The third-order valence-electron chi connectivity index (χ3n) is 4.17. The minimum absolute atomic E-state index is 0.662. The van der Waals surface area contributed by atoms with E-state index in [0.717, 1.165) is 30.2 Å². The summed E-state index contributed by atoms with van der Waals surface area (Å²) in [4.78, 5) is 4.34. The maximum absolute atomic E-state index is 9.24. The van der Waals surface area contributed by atoms with Crippen molar-refractivity contribution in [2.45, 2.75) is 58.4 Å². The first-order chi connectivity index (χ1) is 10.2. The molecule has 0 radical (unpaired) electrons. The Morgan fingerprint density at radius 1 is 1.19 bits per heavy atom. The quantitative estimate of drug-likeness (QED) is 0.644. The van der Waals surface area contributed by atoms with Crippen LogP contribution in [-0.2, 0) is 0 Å². The lowest BCUT2D eigenvalue weighted by molar-refractivity contribution is 0.468. The van der Waals surface area contributed by atoms with E-state index in [-0.39, 0.29) is 0 Å². The molecule has 21 heavy (non-hydrogen) atoms. The molecule has 4 heteroatoms. The fraction of sp³-hybridized carbons (Fsp3) is 0.647. The summed E-state index contributed by atoms with van der Waals surface area (Å²) < 4.78 is 0. The third-order valence-corrected chi connectivity index (χ3v) is 4.17. The van der Waals surface area contributed by atoms with Gasteiger partial charge in [-0.2, -0.15) is 5.26 Å². The average Bonchev–Trinajstić information content (AvgIpc) is 2.72. The zero-order valence-corrected chi connectivity index (χ0v) is 13.2. The summed E-state index contributed by atoms with van der Waals surface area (Å²) in [5.41, 5.74) is 3.32. The van der Waals surface area contributed by atoms with Crippen molar-refractivity contribution in [3.05, 3.63) is 23.0 Å². The standard InChI is InChI=1S/C17H26N4/c1-13-11-17(16(12-18)14(2)21-13)20-10-9-19-15-7-5-3-4-6-8-15/h11,15,19H,3-10H2,1-2H3,(H,20,21). The Kier molecular flexibility index (Phi) is 6.01. The Balaban J connectivity index is 1.82. The van der Waals surface area contributed by atoms with Gasteiger partial charge >= 0.3 is 0 Å². The molecule has 1 heterocycles. The Labute approximate surface area is 128 Å². The maximum Gasteiger partial charge on any atom is 0.103 e. The number of hydrogen-bond donors (Lipinski definition) is 2. The lowest BCUT2D eigenvalue weighted by Gasteiger charge is -2.17. The first-order valence-electron chi connectivity index (χ1n) is 8.06. The molecule has 2 rings (SSSR count). The van der Waals surface area contributed by atoms with Gasteiger partial charge < -0.3 is 10.6 Å². The molecular formula is C17H26N4. The molecule has 0 unspecified atom stereocenters. The van der Waals surface area contributed by atoms with Crippen LogP contribution in [-0.4, -0.2) is 24.1 Å². The zero-order valence-electron chi connectivity index (χ0n) is 13.2. The number of nitrogens with zero attached hydrogens (tertiary/aromatic N) is 2. The van der Waals surface area contributed by atoms with E-state index in [0.29, 0.717) is 11.6 Å². The number of anilines is 1. The smallest absolute Gasteiger partial charge is 0.103 e. The van der Waals surface area contributed by atoms with Crippen molar-refractivity contribution in [1.82, 2.24) is 10.3 Å². The van der Waals surface area contributed by atoms with Gasteiger partial charge in [0.15, 0.2) is 0 Å². The molecule has 0 bridgehead atoms. The van der Waals surface area contributed by atoms with Crippen LogP contribution in [0.25, 0.3) is 0 Å². The predicted octanol–water partition coefficient (Wildman–Crippen LogP) is 3.29. The first kappa shape index (κ1) is 15.8. The largest absolute Gasteiger partial charge is 0.383 e. The van der Waals surface area contributed by atoms with Gasteiger partial charge in [0, 0.05) is 24.8 Å². The lowest BCUT2D eigenvalue weighted by Crippen LogP contribution is -2.32. The van der Waals surface area contributed by atoms with E-state index in [4.69, 9.17) is 0 Å². The van der Waals surface area contributed by atoms with Gasteiger partial charge in [0.1, 0.15) is 6.07 Å². The van der Waals surface area contributed by atoms with Crippen molar-refractivity contribution < 1.29 is 0 Å². The van der Waals surface area contributed by atoms with E-state index < -0.39 is 0 Å². The Hall–Kier alpha value is -1.60. The third kappa shape index (κ3) is 4.71. The number of rotatable bonds is 5. The molecule has 0 amide bonds. The van der Waals surface area contributed by atoms with Gasteiger partial charge in [0.2, 0.25) is 0 Å². The van der Waals surface area contributed by atoms with Crippen LogP contribution in [0.2, 0.25) is 0 Å². The highest BCUT2D eigenvalue weighted by atomic mass is 15.0. The number of aromatic nitrogens is 1. The summed E-state index contributed by atoms with van der Waals surface area (Å²) >= 11 is 0. The second-order valence-corrected chi connectivity index (χ2v) is 5.95. The van der Waals surface area contributed by atoms with Crippen molar-refractivity contribution in [2.75, 3.05) is 18.4 Å². The molecular weight excluding hydrogens is 260 g/mol. The second kappa shape index (κ2) is 7.99. The van der Waals surface area contributed by atoms with Gasteiger partial charge in [-0.1, -0.05) is 25.7 Å². The molecule has 1 aromatic rings. The van der Waals surface area contributed by atoms with E-state index in [1.54, 1.807) is 0 Å². The lowest BCUT2D eigenvalue weighted by atomic mass is 10.1. The van der Waals surface area contributed by atoms with Crippen LogP contribution in [0.5, 0.6) is 0 Å². The molecule has 4 nitrogen and oxygen atoms in total. The zero-order chi connectivity index (χ0) is 15.1. The highest BCUT2D eigenvalue weighted by molar-refractivity contribution is 5.59. The van der Waals surface area contributed by atoms with E-state index in [1.165, 1.54) is 38.5 Å². The Morgan fingerprint density at radius 2 is 1.90 bits per heavy atom. The van der Waals surface area contributed by atoms with Gasteiger partial charge in [0.25, 0.3) is 0 Å². The SMILES string of the molecule is Cc1cc(NCCNC2CCCCCC2)c(C#N)c(C)n1. The molecule has 0 spiro atoms. The van der Waals surface area contributed by atoms with Gasteiger partial charge in [0.05, 0.1) is 16.9 Å². The number of pyridine rings is 1. The minimum atomic E-state index is 0.662. The van der Waals surface area contributed by atoms with E-state index in [1.807, 2.05) is 19.9 Å². The van der Waals surface area contributed by atoms with Crippen LogP contribution >= 0.6 is 0 Å². The van der Waals surface area contributed by atoms with Crippen LogP contribution in [0.15, 0.2) is 6.07 Å². The van der Waals surface area contributed by atoms with Crippen LogP contribution in [0.1, 0.15) is 55.5 Å². The van der Waals surface area contributed by atoms with E-state index in [9.17, 15) is 5.26 Å². The number of nitriles is 1. The van der Waals surface area contributed by atoms with Gasteiger partial charge in [-0.05, 0) is 32.8 Å². The van der Waals surface area contributed by atoms with Crippen molar-refractivity contribution >= 4 is 5.69 Å². The van der Waals surface area contributed by atoms with Gasteiger partial charge in [-0.3, -0.25) is 4.98 Å². The number of nitrogens with one attached hydrogen (secondary N) is 2. The van der Waals surface area contributed by atoms with Crippen molar-refractivity contribution in [2.24, 2.45) is 0 Å². The highest BCUT2D eigenvalue weighted by Gasteiger charge is 2.11. The van der Waals surface area contributed by atoms with Gasteiger partial charge in [-0.15, -0.1) is 0 Å². The molecule has 0 atom stereocenters. The van der Waals surface area contributed by atoms with E-state index in [2.05, 4.69) is 21.7 Å². The van der Waals surface area contributed by atoms with Crippen LogP contribution < -0.4 is 10.6 Å². The predicted molar refractivity (Wildman–Crippen MR) is 86.4 cm³/mol. The molecule has 0 saturated heterocycles. The minimum Gasteiger partial charge on any atom is -0.383 e. The van der Waals surface area contributed by atoms with Gasteiger partial charge in [-0.25, -0.2) is 0 Å². The molecule has 1 aromatic heterocycles. The summed E-state index contributed by atoms with van der Waals surface area (Å²) in [7, 11) is 0.